The molecule has 1 aromatic heterocycles. The van der Waals surface area contributed by atoms with Gasteiger partial charge in [0.2, 0.25) is 0 Å². The molecule has 2 N–H and O–H groups in total. The minimum atomic E-state index is -1.19. The average molecular weight is 497 g/mol. The number of amides is 2. The molecule has 0 saturated heterocycles. The lowest BCUT2D eigenvalue weighted by Crippen LogP contribution is -2.25. The Bertz CT molecular complexity index is 1220. The van der Waals surface area contributed by atoms with Crippen LogP contribution in [0.25, 0.3) is 0 Å². The molecule has 10 heteroatoms. The van der Waals surface area contributed by atoms with Gasteiger partial charge in [-0.2, -0.15) is 0 Å². The molecule has 0 atom stereocenters. The van der Waals surface area contributed by atoms with Crippen molar-refractivity contribution in [2.45, 2.75) is 45.4 Å². The summed E-state index contributed by atoms with van der Waals surface area (Å²) in [5.74, 6) is -3.32. The Balaban J connectivity index is 1.93. The lowest BCUT2D eigenvalue weighted by molar-refractivity contribution is 0.0828. The van der Waals surface area contributed by atoms with Gasteiger partial charge in [-0.1, -0.05) is 25.5 Å². The minimum Gasteiger partial charge on any atom is -0.345 e. The Labute approximate surface area is 209 Å². The predicted octanol–water partition coefficient (Wildman–Crippen LogP) is 5.29. The number of halogens is 2. The summed E-state index contributed by atoms with van der Waals surface area (Å²) in [7, 11) is 2.94. The van der Waals surface area contributed by atoms with Crippen molar-refractivity contribution in [2.24, 2.45) is 4.99 Å². The molecule has 1 fully saturated rings. The quantitative estimate of drug-likeness (QED) is 0.436. The molecule has 0 bridgehead atoms. The number of rotatable bonds is 10. The molecule has 36 heavy (non-hydrogen) atoms. The second-order valence-electron chi connectivity index (χ2n) is 8.55. The van der Waals surface area contributed by atoms with Crippen molar-refractivity contribution in [1.29, 1.82) is 0 Å². The fourth-order valence-electron chi connectivity index (χ4n) is 3.22. The molecule has 1 saturated carbocycles. The summed E-state index contributed by atoms with van der Waals surface area (Å²) in [5.41, 5.74) is 0.847. The van der Waals surface area contributed by atoms with Crippen LogP contribution >= 0.6 is 0 Å². The van der Waals surface area contributed by atoms with Gasteiger partial charge >= 0.3 is 0 Å². The Hall–Kier alpha value is -3.95. The Morgan fingerprint density at radius 1 is 1.19 bits per heavy atom. The third-order valence-electron chi connectivity index (χ3n) is 5.38. The van der Waals surface area contributed by atoms with Crippen LogP contribution in [0.1, 0.15) is 72.0 Å². The number of nitrogens with zero attached hydrogens (tertiary/aromatic N) is 4. The third kappa shape index (κ3) is 6.80. The second-order valence-corrected chi connectivity index (χ2v) is 8.55. The standard InChI is InChI=1S/C26H30F2N6O2/c1-5-7-8-11-29-14-17(6-2)31-24-23(32-22(15-30-24)16-9-10-16)25(35)33-21-13-20(28)19(27)12-18(21)26(36)34(3)4/h6,8,11-16H,5,7,9-10H2,1-4H3,(H,30,31)(H,33,35)/b11-8+,17-6+,29-14-. The average Bonchev–Trinajstić information content (AvgIpc) is 3.70. The van der Waals surface area contributed by atoms with Crippen LogP contribution in [0.2, 0.25) is 0 Å². The van der Waals surface area contributed by atoms with Gasteiger partial charge in [0.05, 0.1) is 28.8 Å². The first kappa shape index (κ1) is 26.7. The number of carbonyl (C=O) groups excluding carboxylic acids is 2. The molecule has 8 nitrogen and oxygen atoms in total. The largest absolute Gasteiger partial charge is 0.345 e. The molecule has 2 aromatic rings. The minimum absolute atomic E-state index is 0.0401. The maximum absolute atomic E-state index is 14.0. The molecule has 0 aliphatic heterocycles. The van der Waals surface area contributed by atoms with E-state index >= 15 is 0 Å². The maximum Gasteiger partial charge on any atom is 0.278 e. The molecular weight excluding hydrogens is 466 g/mol. The molecule has 0 unspecified atom stereocenters. The van der Waals surface area contributed by atoms with Crippen molar-refractivity contribution in [2.75, 3.05) is 24.7 Å². The van der Waals surface area contributed by atoms with E-state index < -0.39 is 23.4 Å². The van der Waals surface area contributed by atoms with Crippen molar-refractivity contribution in [3.05, 3.63) is 71.0 Å². The molecular formula is C26H30F2N6O2. The summed E-state index contributed by atoms with van der Waals surface area (Å²) < 4.78 is 27.9. The summed E-state index contributed by atoms with van der Waals surface area (Å²) in [6, 6.07) is 1.54. The lowest BCUT2D eigenvalue weighted by atomic mass is 10.1. The van der Waals surface area contributed by atoms with Gasteiger partial charge in [0, 0.05) is 38.5 Å². The van der Waals surface area contributed by atoms with Crippen LogP contribution in [0.3, 0.4) is 0 Å². The first-order valence-corrected chi connectivity index (χ1v) is 11.8. The number of nitrogens with one attached hydrogen (secondary N) is 2. The smallest absolute Gasteiger partial charge is 0.278 e. The van der Waals surface area contributed by atoms with E-state index in [1.54, 1.807) is 31.6 Å². The zero-order valence-corrected chi connectivity index (χ0v) is 20.8. The maximum atomic E-state index is 14.0. The molecule has 1 aliphatic carbocycles. The number of benzene rings is 1. The summed E-state index contributed by atoms with van der Waals surface area (Å²) in [4.78, 5) is 40.2. The van der Waals surface area contributed by atoms with Gasteiger partial charge in [0.1, 0.15) is 0 Å². The molecule has 0 spiro atoms. The highest BCUT2D eigenvalue weighted by Gasteiger charge is 2.28. The SMILES string of the molecule is C\C=C(/C=N\C=C\CCC)Nc1ncc(C2CC2)nc1C(=O)Nc1cc(F)c(F)cc1C(=O)N(C)C. The Morgan fingerprint density at radius 2 is 1.92 bits per heavy atom. The number of carbonyl (C=O) groups is 2. The van der Waals surface area contributed by atoms with Crippen LogP contribution < -0.4 is 10.6 Å². The fraction of sp³-hybridized carbons (Fsp3) is 0.346. The molecule has 190 valence electrons. The molecule has 3 rings (SSSR count). The fourth-order valence-corrected chi connectivity index (χ4v) is 3.22. The van der Waals surface area contributed by atoms with Gasteiger partial charge in [-0.25, -0.2) is 18.7 Å². The molecule has 0 radical (unpaired) electrons. The third-order valence-corrected chi connectivity index (χ3v) is 5.38. The number of aliphatic imine (C=N–C) groups is 1. The first-order valence-electron chi connectivity index (χ1n) is 11.8. The van der Waals surface area contributed by atoms with Crippen LogP contribution in [-0.4, -0.2) is 47.0 Å². The van der Waals surface area contributed by atoms with Gasteiger partial charge in [0.25, 0.3) is 11.8 Å². The van der Waals surface area contributed by atoms with E-state index in [4.69, 9.17) is 0 Å². The van der Waals surface area contributed by atoms with E-state index in [1.807, 2.05) is 6.08 Å². The van der Waals surface area contributed by atoms with Crippen LogP contribution in [0.5, 0.6) is 0 Å². The van der Waals surface area contributed by atoms with Crippen molar-refractivity contribution >= 4 is 29.5 Å². The number of hydrogen-bond donors (Lipinski definition) is 2. The normalized spacial score (nSPS) is 13.9. The summed E-state index contributed by atoms with van der Waals surface area (Å²) in [6.45, 7) is 3.87. The monoisotopic (exact) mass is 496 g/mol. The number of anilines is 2. The van der Waals surface area contributed by atoms with Gasteiger partial charge < -0.3 is 15.5 Å². The second kappa shape index (κ2) is 12.1. The van der Waals surface area contributed by atoms with Crippen LogP contribution in [0.15, 0.2) is 47.4 Å². The van der Waals surface area contributed by atoms with Crippen LogP contribution in [0, 0.1) is 11.6 Å². The van der Waals surface area contributed by atoms with Crippen molar-refractivity contribution < 1.29 is 18.4 Å². The van der Waals surface area contributed by atoms with E-state index in [2.05, 4.69) is 32.5 Å². The molecule has 1 heterocycles. The lowest BCUT2D eigenvalue weighted by Gasteiger charge is -2.16. The van der Waals surface area contributed by atoms with E-state index in [-0.39, 0.29) is 28.7 Å². The van der Waals surface area contributed by atoms with Crippen molar-refractivity contribution in [3.63, 3.8) is 0 Å². The highest BCUT2D eigenvalue weighted by molar-refractivity contribution is 6.10. The van der Waals surface area contributed by atoms with E-state index in [9.17, 15) is 18.4 Å². The summed E-state index contributed by atoms with van der Waals surface area (Å²) in [6.07, 6.45) is 12.4. The van der Waals surface area contributed by atoms with Gasteiger partial charge in [-0.05, 0) is 32.3 Å². The van der Waals surface area contributed by atoms with E-state index in [0.717, 1.165) is 37.8 Å². The van der Waals surface area contributed by atoms with Gasteiger partial charge in [-0.3, -0.25) is 14.6 Å². The summed E-state index contributed by atoms with van der Waals surface area (Å²) >= 11 is 0. The zero-order chi connectivity index (χ0) is 26.2. The Morgan fingerprint density at radius 3 is 2.56 bits per heavy atom. The topological polar surface area (TPSA) is 99.6 Å². The van der Waals surface area contributed by atoms with E-state index in [0.29, 0.717) is 11.4 Å². The number of aromatic nitrogens is 2. The first-order chi connectivity index (χ1) is 17.2. The number of allylic oxidation sites excluding steroid dienone is 3. The van der Waals surface area contributed by atoms with Crippen LogP contribution in [0.4, 0.5) is 20.3 Å². The molecule has 1 aromatic carbocycles. The molecule has 1 aliphatic rings. The Kier molecular flexibility index (Phi) is 8.99. The van der Waals surface area contributed by atoms with E-state index in [1.165, 1.54) is 19.0 Å². The van der Waals surface area contributed by atoms with Gasteiger partial charge in [0.15, 0.2) is 23.1 Å². The van der Waals surface area contributed by atoms with Gasteiger partial charge in [-0.15, -0.1) is 0 Å². The molecule has 2 amide bonds. The number of unbranched alkanes of at least 4 members (excludes halogenated alkanes) is 1. The summed E-state index contributed by atoms with van der Waals surface area (Å²) in [5, 5.41) is 5.57. The highest BCUT2D eigenvalue weighted by Crippen LogP contribution is 2.39. The highest BCUT2D eigenvalue weighted by atomic mass is 19.2. The van der Waals surface area contributed by atoms with Crippen LogP contribution in [-0.2, 0) is 0 Å². The number of hydrogen-bond acceptors (Lipinski definition) is 6. The van der Waals surface area contributed by atoms with Crippen molar-refractivity contribution in [3.8, 4) is 0 Å². The zero-order valence-electron chi connectivity index (χ0n) is 20.8. The predicted molar refractivity (Wildman–Crippen MR) is 136 cm³/mol. The van der Waals surface area contributed by atoms with Crippen molar-refractivity contribution in [1.82, 2.24) is 14.9 Å².